The fourth-order valence-electron chi connectivity index (χ4n) is 3.66. The minimum Gasteiger partial charge on any atom is -0.495 e. The summed E-state index contributed by atoms with van der Waals surface area (Å²) in [6, 6.07) is 4.77. The number of nitrogens with one attached hydrogen (secondary N) is 2. The molecule has 1 saturated heterocycles. The van der Waals surface area contributed by atoms with Crippen LogP contribution in [0.5, 0.6) is 5.75 Å². The molecular weight excluding hydrogens is 390 g/mol. The monoisotopic (exact) mass is 423 g/mol. The molecule has 1 aromatic rings. The first-order chi connectivity index (χ1) is 14.0. The largest absolute Gasteiger partial charge is 0.495 e. The third-order valence-corrected chi connectivity index (χ3v) is 5.73. The lowest BCUT2D eigenvalue weighted by molar-refractivity contribution is -0.129. The van der Waals surface area contributed by atoms with Crippen molar-refractivity contribution in [3.8, 4) is 5.75 Å². The van der Waals surface area contributed by atoms with E-state index in [1.54, 1.807) is 25.3 Å². The summed E-state index contributed by atoms with van der Waals surface area (Å²) in [5, 5.41) is 6.50. The molecule has 0 bridgehead atoms. The zero-order valence-corrected chi connectivity index (χ0v) is 18.6. The van der Waals surface area contributed by atoms with Crippen LogP contribution in [0.4, 0.5) is 5.69 Å². The highest BCUT2D eigenvalue weighted by molar-refractivity contribution is 6.31. The Balaban J connectivity index is 1.88. The highest BCUT2D eigenvalue weighted by atomic mass is 35.5. The lowest BCUT2D eigenvalue weighted by Gasteiger charge is -2.35. The van der Waals surface area contributed by atoms with Gasteiger partial charge in [0.05, 0.1) is 24.8 Å². The maximum absolute atomic E-state index is 12.8. The van der Waals surface area contributed by atoms with Gasteiger partial charge < -0.3 is 15.4 Å². The Hall–Kier alpha value is -1.79. The molecule has 0 aromatic heterocycles. The zero-order chi connectivity index (χ0) is 21.2. The second-order valence-corrected chi connectivity index (χ2v) is 8.13. The predicted octanol–water partition coefficient (Wildman–Crippen LogP) is 4.08. The fourth-order valence-corrected chi connectivity index (χ4v) is 3.83. The van der Waals surface area contributed by atoms with E-state index in [9.17, 15) is 9.59 Å². The lowest BCUT2D eigenvalue weighted by Crippen LogP contribution is -2.50. The summed E-state index contributed by atoms with van der Waals surface area (Å²) in [4.78, 5) is 27.4. The first-order valence-corrected chi connectivity index (χ1v) is 11.0. The molecule has 162 valence electrons. The Kier molecular flexibility index (Phi) is 9.74. The van der Waals surface area contributed by atoms with Crippen molar-refractivity contribution in [1.82, 2.24) is 10.2 Å². The van der Waals surface area contributed by atoms with Crippen molar-refractivity contribution in [3.05, 3.63) is 23.2 Å². The number of unbranched alkanes of at least 4 members (excludes halogenated alkanes) is 3. The number of nitrogens with zero attached hydrogens (tertiary/aromatic N) is 1. The number of methoxy groups -OCH3 is 1. The summed E-state index contributed by atoms with van der Waals surface area (Å²) >= 11 is 6.05. The lowest BCUT2D eigenvalue weighted by atomic mass is 9.95. The Labute approximate surface area is 179 Å². The summed E-state index contributed by atoms with van der Waals surface area (Å²) < 4.78 is 5.30. The van der Waals surface area contributed by atoms with Crippen molar-refractivity contribution in [3.63, 3.8) is 0 Å². The van der Waals surface area contributed by atoms with E-state index in [0.29, 0.717) is 23.0 Å². The average Bonchev–Trinajstić information content (AvgIpc) is 2.73. The maximum Gasteiger partial charge on any atom is 0.241 e. The van der Waals surface area contributed by atoms with Crippen LogP contribution in [0, 0.1) is 5.92 Å². The van der Waals surface area contributed by atoms with E-state index in [1.807, 2.05) is 6.92 Å². The summed E-state index contributed by atoms with van der Waals surface area (Å²) in [5.41, 5.74) is 0.551. The molecule has 2 atom stereocenters. The average molecular weight is 424 g/mol. The molecular formula is C22H34ClN3O3. The molecule has 2 amide bonds. The summed E-state index contributed by atoms with van der Waals surface area (Å²) in [5.74, 6) is 0.473. The Morgan fingerprint density at radius 3 is 2.83 bits per heavy atom. The Morgan fingerprint density at radius 2 is 2.10 bits per heavy atom. The maximum atomic E-state index is 12.8. The molecule has 2 unspecified atom stereocenters. The molecule has 1 heterocycles. The molecule has 1 fully saturated rings. The second kappa shape index (κ2) is 12.0. The Morgan fingerprint density at radius 1 is 1.31 bits per heavy atom. The SMILES string of the molecule is CCCCCCNC(=O)C1CCCN(C(C)C(=O)Nc2cc(Cl)ccc2OC)C1. The minimum atomic E-state index is -0.348. The van der Waals surface area contributed by atoms with E-state index in [4.69, 9.17) is 16.3 Å². The van der Waals surface area contributed by atoms with Gasteiger partial charge in [-0.05, 0) is 50.9 Å². The van der Waals surface area contributed by atoms with Gasteiger partial charge in [0.1, 0.15) is 5.75 Å². The molecule has 2 rings (SSSR count). The van der Waals surface area contributed by atoms with E-state index in [1.165, 1.54) is 12.8 Å². The molecule has 1 aliphatic rings. The van der Waals surface area contributed by atoms with Crippen LogP contribution in [0.3, 0.4) is 0 Å². The van der Waals surface area contributed by atoms with E-state index in [0.717, 1.165) is 38.8 Å². The van der Waals surface area contributed by atoms with E-state index >= 15 is 0 Å². The zero-order valence-electron chi connectivity index (χ0n) is 17.8. The van der Waals surface area contributed by atoms with Crippen LogP contribution in [-0.2, 0) is 9.59 Å². The highest BCUT2D eigenvalue weighted by Gasteiger charge is 2.31. The molecule has 29 heavy (non-hydrogen) atoms. The number of carbonyl (C=O) groups is 2. The van der Waals surface area contributed by atoms with Crippen molar-refractivity contribution >= 4 is 29.1 Å². The van der Waals surface area contributed by atoms with Gasteiger partial charge in [-0.25, -0.2) is 0 Å². The van der Waals surface area contributed by atoms with Crippen molar-refractivity contribution in [2.45, 2.75) is 58.4 Å². The molecule has 2 N–H and O–H groups in total. The fraction of sp³-hybridized carbons (Fsp3) is 0.636. The normalized spacial score (nSPS) is 18.1. The minimum absolute atomic E-state index is 0.0640. The number of ether oxygens (including phenoxy) is 1. The molecule has 0 spiro atoms. The number of benzene rings is 1. The number of anilines is 1. The van der Waals surface area contributed by atoms with E-state index in [-0.39, 0.29) is 23.8 Å². The van der Waals surface area contributed by atoms with Crippen LogP contribution in [0.15, 0.2) is 18.2 Å². The van der Waals surface area contributed by atoms with Crippen molar-refractivity contribution < 1.29 is 14.3 Å². The van der Waals surface area contributed by atoms with Crippen LogP contribution in [0.1, 0.15) is 52.4 Å². The quantitative estimate of drug-likeness (QED) is 0.556. The summed E-state index contributed by atoms with van der Waals surface area (Å²) in [6.45, 7) is 6.19. The van der Waals surface area contributed by atoms with Crippen LogP contribution >= 0.6 is 11.6 Å². The number of hydrogen-bond donors (Lipinski definition) is 2. The number of amides is 2. The van der Waals surface area contributed by atoms with Gasteiger partial charge in [-0.1, -0.05) is 37.8 Å². The number of piperidine rings is 1. The van der Waals surface area contributed by atoms with Gasteiger partial charge >= 0.3 is 0 Å². The van der Waals surface area contributed by atoms with Gasteiger partial charge in [0.15, 0.2) is 0 Å². The standard InChI is InChI=1S/C22H34ClN3O3/c1-4-5-6-7-12-24-22(28)17-9-8-13-26(15-17)16(2)21(27)25-19-14-18(23)10-11-20(19)29-3/h10-11,14,16-17H,4-9,12-13,15H2,1-3H3,(H,24,28)(H,25,27). The summed E-state index contributed by atoms with van der Waals surface area (Å²) in [7, 11) is 1.55. The molecule has 7 heteroatoms. The van der Waals surface area contributed by atoms with Crippen LogP contribution < -0.4 is 15.4 Å². The number of rotatable bonds is 10. The molecule has 1 aliphatic heterocycles. The number of carbonyl (C=O) groups excluding carboxylic acids is 2. The van der Waals surface area contributed by atoms with Crippen molar-refractivity contribution in [2.24, 2.45) is 5.92 Å². The van der Waals surface area contributed by atoms with Gasteiger partial charge in [0, 0.05) is 18.1 Å². The molecule has 0 aliphatic carbocycles. The van der Waals surface area contributed by atoms with Gasteiger partial charge in [0.2, 0.25) is 11.8 Å². The van der Waals surface area contributed by atoms with E-state index in [2.05, 4.69) is 22.5 Å². The number of halogens is 1. The molecule has 0 saturated carbocycles. The Bertz CT molecular complexity index is 683. The van der Waals surface area contributed by atoms with Crippen molar-refractivity contribution in [1.29, 1.82) is 0 Å². The van der Waals surface area contributed by atoms with Crippen LogP contribution in [0.25, 0.3) is 0 Å². The first kappa shape index (κ1) is 23.5. The smallest absolute Gasteiger partial charge is 0.241 e. The number of hydrogen-bond acceptors (Lipinski definition) is 4. The topological polar surface area (TPSA) is 70.7 Å². The molecule has 6 nitrogen and oxygen atoms in total. The van der Waals surface area contributed by atoms with Gasteiger partial charge in [-0.15, -0.1) is 0 Å². The predicted molar refractivity (Wildman–Crippen MR) is 118 cm³/mol. The van der Waals surface area contributed by atoms with Crippen LogP contribution in [0.2, 0.25) is 5.02 Å². The van der Waals surface area contributed by atoms with Crippen molar-refractivity contribution in [2.75, 3.05) is 32.1 Å². The van der Waals surface area contributed by atoms with Gasteiger partial charge in [-0.3, -0.25) is 14.5 Å². The molecule has 1 aromatic carbocycles. The summed E-state index contributed by atoms with van der Waals surface area (Å²) in [6.07, 6.45) is 6.34. The first-order valence-electron chi connectivity index (χ1n) is 10.6. The number of likely N-dealkylation sites (tertiary alicyclic amines) is 1. The van der Waals surface area contributed by atoms with E-state index < -0.39 is 0 Å². The second-order valence-electron chi connectivity index (χ2n) is 7.70. The third kappa shape index (κ3) is 7.19. The highest BCUT2D eigenvalue weighted by Crippen LogP contribution is 2.28. The third-order valence-electron chi connectivity index (χ3n) is 5.50. The van der Waals surface area contributed by atoms with Gasteiger partial charge in [-0.2, -0.15) is 0 Å². The molecule has 0 radical (unpaired) electrons. The van der Waals surface area contributed by atoms with Gasteiger partial charge in [0.25, 0.3) is 0 Å². The van der Waals surface area contributed by atoms with Crippen LogP contribution in [-0.4, -0.2) is 49.5 Å².